The van der Waals surface area contributed by atoms with E-state index in [9.17, 15) is 0 Å². The van der Waals surface area contributed by atoms with Crippen molar-refractivity contribution in [2.24, 2.45) is 0 Å². The van der Waals surface area contributed by atoms with Gasteiger partial charge in [0.2, 0.25) is 0 Å². The lowest BCUT2D eigenvalue weighted by atomic mass is 10.3. The minimum absolute atomic E-state index is 0.404. The van der Waals surface area contributed by atoms with Gasteiger partial charge in [-0.2, -0.15) is 0 Å². The topological polar surface area (TPSA) is 50.7 Å². The predicted molar refractivity (Wildman–Crippen MR) is 59.3 cm³/mol. The van der Waals surface area contributed by atoms with Gasteiger partial charge in [0.25, 0.3) is 0 Å². The number of nitrogens with one attached hydrogen (secondary N) is 1. The molecule has 15 heavy (non-hydrogen) atoms. The summed E-state index contributed by atoms with van der Waals surface area (Å²) in [5, 5.41) is 3.47. The molecule has 0 spiro atoms. The smallest absolute Gasteiger partial charge is 0.136 e. The van der Waals surface area contributed by atoms with E-state index >= 15 is 0 Å². The highest BCUT2D eigenvalue weighted by Crippen LogP contribution is 2.16. The molecule has 0 bridgehead atoms. The average Bonchev–Trinajstić information content (AvgIpc) is 2.22. The maximum absolute atomic E-state index is 5.74. The molecule has 2 aromatic heterocycles. The number of aromatic nitrogens is 3. The van der Waals surface area contributed by atoms with Crippen LogP contribution in [0.25, 0.3) is 0 Å². The summed E-state index contributed by atoms with van der Waals surface area (Å²) in [5.41, 5.74) is 1.05. The van der Waals surface area contributed by atoms with Crippen molar-refractivity contribution >= 4 is 23.2 Å². The molecule has 0 saturated carbocycles. The first-order chi connectivity index (χ1) is 7.25. The zero-order valence-electron chi connectivity index (χ0n) is 8.11. The summed E-state index contributed by atoms with van der Waals surface area (Å²) in [6, 6.07) is 5.50. The molecule has 4 nitrogen and oxygen atoms in total. The molecular weight excluding hydrogens is 212 g/mol. The van der Waals surface area contributed by atoms with Gasteiger partial charge in [0.05, 0.1) is 0 Å². The lowest BCUT2D eigenvalue weighted by molar-refractivity contribution is 1.15. The van der Waals surface area contributed by atoms with E-state index in [1.165, 1.54) is 6.33 Å². The van der Waals surface area contributed by atoms with Crippen LogP contribution in [0.15, 0.2) is 30.7 Å². The van der Waals surface area contributed by atoms with Crippen LogP contribution in [-0.2, 0) is 0 Å². The molecule has 5 heteroatoms. The van der Waals surface area contributed by atoms with Crippen LogP contribution in [0.5, 0.6) is 0 Å². The highest BCUT2D eigenvalue weighted by molar-refractivity contribution is 6.29. The van der Waals surface area contributed by atoms with Crippen LogP contribution in [0.3, 0.4) is 0 Å². The third kappa shape index (κ3) is 2.41. The molecule has 0 fully saturated rings. The Labute approximate surface area is 92.4 Å². The third-order valence-electron chi connectivity index (χ3n) is 1.89. The number of nitrogens with zero attached hydrogens (tertiary/aromatic N) is 3. The molecule has 0 aromatic carbocycles. The molecule has 0 aliphatic rings. The van der Waals surface area contributed by atoms with Crippen LogP contribution in [0.1, 0.15) is 5.56 Å². The molecule has 0 aliphatic carbocycles. The Morgan fingerprint density at radius 3 is 2.87 bits per heavy atom. The first-order valence-electron chi connectivity index (χ1n) is 4.42. The number of halogens is 1. The van der Waals surface area contributed by atoms with Crippen molar-refractivity contribution in [1.82, 2.24) is 15.0 Å². The molecule has 2 rings (SSSR count). The SMILES string of the molecule is Cc1cccnc1Nc1cc(Cl)ncn1. The first-order valence-corrected chi connectivity index (χ1v) is 4.80. The van der Waals surface area contributed by atoms with Gasteiger partial charge in [0.15, 0.2) is 0 Å². The minimum Gasteiger partial charge on any atom is -0.325 e. The van der Waals surface area contributed by atoms with Crippen molar-refractivity contribution in [3.8, 4) is 0 Å². The molecule has 76 valence electrons. The van der Waals surface area contributed by atoms with Crippen LogP contribution in [0.4, 0.5) is 11.6 Å². The van der Waals surface area contributed by atoms with Crippen molar-refractivity contribution in [3.63, 3.8) is 0 Å². The molecule has 0 unspecified atom stereocenters. The summed E-state index contributed by atoms with van der Waals surface area (Å²) >= 11 is 5.74. The first kappa shape index (κ1) is 9.86. The monoisotopic (exact) mass is 220 g/mol. The minimum atomic E-state index is 0.404. The fraction of sp³-hybridized carbons (Fsp3) is 0.100. The zero-order valence-corrected chi connectivity index (χ0v) is 8.86. The molecule has 0 saturated heterocycles. The van der Waals surface area contributed by atoms with Crippen molar-refractivity contribution in [2.75, 3.05) is 5.32 Å². The molecule has 0 aliphatic heterocycles. The Balaban J connectivity index is 2.26. The number of pyridine rings is 1. The van der Waals surface area contributed by atoms with Crippen LogP contribution >= 0.6 is 11.6 Å². The Hall–Kier alpha value is -1.68. The molecule has 2 aromatic rings. The van der Waals surface area contributed by atoms with Gasteiger partial charge in [0.1, 0.15) is 23.1 Å². The van der Waals surface area contributed by atoms with Gasteiger partial charge < -0.3 is 5.32 Å². The van der Waals surface area contributed by atoms with Crippen molar-refractivity contribution in [3.05, 3.63) is 41.4 Å². The van der Waals surface area contributed by atoms with E-state index < -0.39 is 0 Å². The number of anilines is 2. The normalized spacial score (nSPS) is 10.0. The molecule has 0 amide bonds. The summed E-state index contributed by atoms with van der Waals surface area (Å²) in [6.45, 7) is 1.97. The van der Waals surface area contributed by atoms with Gasteiger partial charge in [-0.1, -0.05) is 17.7 Å². The van der Waals surface area contributed by atoms with Gasteiger partial charge in [-0.05, 0) is 18.6 Å². The highest BCUT2D eigenvalue weighted by atomic mass is 35.5. The second-order valence-electron chi connectivity index (χ2n) is 3.02. The predicted octanol–water partition coefficient (Wildman–Crippen LogP) is 2.58. The Kier molecular flexibility index (Phi) is 2.78. The number of aryl methyl sites for hydroxylation is 1. The van der Waals surface area contributed by atoms with Crippen molar-refractivity contribution < 1.29 is 0 Å². The van der Waals surface area contributed by atoms with E-state index in [-0.39, 0.29) is 0 Å². The molecular formula is C10H9ClN4. The van der Waals surface area contributed by atoms with E-state index in [1.54, 1.807) is 12.3 Å². The molecule has 1 N–H and O–H groups in total. The largest absolute Gasteiger partial charge is 0.325 e. The number of rotatable bonds is 2. The van der Waals surface area contributed by atoms with Crippen LogP contribution < -0.4 is 5.32 Å². The maximum atomic E-state index is 5.74. The van der Waals surface area contributed by atoms with Gasteiger partial charge in [-0.3, -0.25) is 0 Å². The van der Waals surface area contributed by atoms with E-state index in [4.69, 9.17) is 11.6 Å². The van der Waals surface area contributed by atoms with E-state index in [2.05, 4.69) is 20.3 Å². The van der Waals surface area contributed by atoms with Crippen LogP contribution in [-0.4, -0.2) is 15.0 Å². The highest BCUT2D eigenvalue weighted by Gasteiger charge is 2.00. The molecule has 0 radical (unpaired) electrons. The second-order valence-corrected chi connectivity index (χ2v) is 3.41. The summed E-state index contributed by atoms with van der Waals surface area (Å²) < 4.78 is 0. The maximum Gasteiger partial charge on any atom is 0.136 e. The molecule has 2 heterocycles. The Morgan fingerprint density at radius 1 is 1.27 bits per heavy atom. The van der Waals surface area contributed by atoms with E-state index in [0.29, 0.717) is 11.0 Å². The summed E-state index contributed by atoms with van der Waals surface area (Å²) in [6.07, 6.45) is 3.13. The Bertz CT molecular complexity index is 472. The quantitative estimate of drug-likeness (QED) is 0.791. The van der Waals surface area contributed by atoms with Gasteiger partial charge in [-0.25, -0.2) is 15.0 Å². The average molecular weight is 221 g/mol. The summed E-state index contributed by atoms with van der Waals surface area (Å²) in [5.74, 6) is 1.41. The zero-order chi connectivity index (χ0) is 10.7. The van der Waals surface area contributed by atoms with Crippen molar-refractivity contribution in [2.45, 2.75) is 6.92 Å². The standard InChI is InChI=1S/C10H9ClN4/c1-7-3-2-4-12-10(7)15-9-5-8(11)13-6-14-9/h2-6H,1H3,(H,12,13,14,15). The van der Waals surface area contributed by atoms with Crippen LogP contribution in [0, 0.1) is 6.92 Å². The van der Waals surface area contributed by atoms with Gasteiger partial charge in [0, 0.05) is 12.3 Å². The lowest BCUT2D eigenvalue weighted by Crippen LogP contribution is -1.98. The summed E-state index contributed by atoms with van der Waals surface area (Å²) in [4.78, 5) is 12.0. The summed E-state index contributed by atoms with van der Waals surface area (Å²) in [7, 11) is 0. The molecule has 0 atom stereocenters. The van der Waals surface area contributed by atoms with Crippen molar-refractivity contribution in [1.29, 1.82) is 0 Å². The van der Waals surface area contributed by atoms with E-state index in [1.807, 2.05) is 19.1 Å². The second kappa shape index (κ2) is 4.23. The number of hydrogen-bond acceptors (Lipinski definition) is 4. The number of hydrogen-bond donors (Lipinski definition) is 1. The third-order valence-corrected chi connectivity index (χ3v) is 2.10. The van der Waals surface area contributed by atoms with E-state index in [0.717, 1.165) is 11.4 Å². The van der Waals surface area contributed by atoms with Gasteiger partial charge in [-0.15, -0.1) is 0 Å². The fourth-order valence-electron chi connectivity index (χ4n) is 1.14. The Morgan fingerprint density at radius 2 is 2.13 bits per heavy atom. The fourth-order valence-corrected chi connectivity index (χ4v) is 1.29. The van der Waals surface area contributed by atoms with Gasteiger partial charge >= 0.3 is 0 Å². The van der Waals surface area contributed by atoms with Crippen LogP contribution in [0.2, 0.25) is 5.15 Å². The lowest BCUT2D eigenvalue weighted by Gasteiger charge is -2.06.